The van der Waals surface area contributed by atoms with E-state index in [9.17, 15) is 15.3 Å². The van der Waals surface area contributed by atoms with Crippen LogP contribution in [-0.2, 0) is 0 Å². The summed E-state index contributed by atoms with van der Waals surface area (Å²) in [5.74, 6) is 2.73. The average molecular weight is 499 g/mol. The third-order valence-electron chi connectivity index (χ3n) is 12.1. The summed E-state index contributed by atoms with van der Waals surface area (Å²) in [6, 6.07) is 0. The van der Waals surface area contributed by atoms with Crippen LogP contribution >= 0.6 is 0 Å². The molecule has 4 unspecified atom stereocenters. The molecule has 36 heavy (non-hydrogen) atoms. The Bertz CT molecular complexity index is 847. The first-order valence-corrected chi connectivity index (χ1v) is 14.9. The maximum Gasteiger partial charge on any atom is 0.0757 e. The first-order chi connectivity index (χ1) is 16.8. The minimum atomic E-state index is -0.698. The average Bonchev–Trinajstić information content (AvgIpc) is 3.16. The monoisotopic (exact) mass is 498 g/mol. The molecule has 0 aromatic carbocycles. The Morgan fingerprint density at radius 2 is 1.67 bits per heavy atom. The molecular weight excluding hydrogens is 444 g/mol. The van der Waals surface area contributed by atoms with E-state index in [4.69, 9.17) is 0 Å². The molecule has 0 aromatic rings. The van der Waals surface area contributed by atoms with Gasteiger partial charge in [0.2, 0.25) is 0 Å². The van der Waals surface area contributed by atoms with Crippen molar-refractivity contribution in [3.05, 3.63) is 37.0 Å². The number of hydrogen-bond acceptors (Lipinski definition) is 3. The summed E-state index contributed by atoms with van der Waals surface area (Å²) < 4.78 is 0. The molecule has 3 heteroatoms. The summed E-state index contributed by atoms with van der Waals surface area (Å²) in [7, 11) is 0. The molecule has 0 aromatic heterocycles. The minimum absolute atomic E-state index is 0.0957. The van der Waals surface area contributed by atoms with E-state index in [2.05, 4.69) is 53.9 Å². The summed E-state index contributed by atoms with van der Waals surface area (Å²) in [4.78, 5) is 0. The SMILES string of the molecule is C=CCC(O)(CC=C)CCC[C@@H](C)[C@H]1CCC2C3C(O)C=C4C(C)(C)[C@@H](O)CC[C@]4(C)C3CC[C@@]21C. The molecular formula is C33H54O3. The topological polar surface area (TPSA) is 60.7 Å². The molecule has 3 saturated carbocycles. The molecule has 0 spiro atoms. The highest BCUT2D eigenvalue weighted by atomic mass is 16.3. The lowest BCUT2D eigenvalue weighted by molar-refractivity contribution is -0.111. The van der Waals surface area contributed by atoms with Crippen molar-refractivity contribution >= 4 is 0 Å². The molecule has 0 saturated heterocycles. The summed E-state index contributed by atoms with van der Waals surface area (Å²) in [5.41, 5.74) is 0.742. The van der Waals surface area contributed by atoms with Gasteiger partial charge >= 0.3 is 0 Å². The summed E-state index contributed by atoms with van der Waals surface area (Å²) >= 11 is 0. The van der Waals surface area contributed by atoms with Crippen LogP contribution in [0.15, 0.2) is 37.0 Å². The fourth-order valence-corrected chi connectivity index (χ4v) is 10.1. The molecule has 4 aliphatic carbocycles. The van der Waals surface area contributed by atoms with Crippen LogP contribution in [0.4, 0.5) is 0 Å². The van der Waals surface area contributed by atoms with Crippen LogP contribution < -0.4 is 0 Å². The number of aliphatic hydroxyl groups is 3. The Balaban J connectivity index is 1.49. The third-order valence-corrected chi connectivity index (χ3v) is 12.1. The second-order valence-electron chi connectivity index (χ2n) is 14.4. The molecule has 0 aliphatic heterocycles. The van der Waals surface area contributed by atoms with Crippen molar-refractivity contribution in [2.75, 3.05) is 0 Å². The van der Waals surface area contributed by atoms with Gasteiger partial charge in [-0.05, 0) is 98.2 Å². The van der Waals surface area contributed by atoms with Crippen LogP contribution in [-0.4, -0.2) is 33.1 Å². The molecule has 3 nitrogen and oxygen atoms in total. The Hall–Kier alpha value is -0.900. The third kappa shape index (κ3) is 4.50. The van der Waals surface area contributed by atoms with Crippen molar-refractivity contribution in [2.24, 2.45) is 45.8 Å². The van der Waals surface area contributed by atoms with Crippen LogP contribution in [0.1, 0.15) is 105 Å². The molecule has 3 fully saturated rings. The predicted octanol–water partition coefficient (Wildman–Crippen LogP) is 7.22. The highest BCUT2D eigenvalue weighted by molar-refractivity contribution is 5.33. The van der Waals surface area contributed by atoms with Gasteiger partial charge in [-0.3, -0.25) is 0 Å². The van der Waals surface area contributed by atoms with Crippen molar-refractivity contribution < 1.29 is 15.3 Å². The van der Waals surface area contributed by atoms with Crippen molar-refractivity contribution in [1.82, 2.24) is 0 Å². The smallest absolute Gasteiger partial charge is 0.0757 e. The number of fused-ring (bicyclic) bond motifs is 5. The van der Waals surface area contributed by atoms with Gasteiger partial charge in [-0.2, -0.15) is 0 Å². The van der Waals surface area contributed by atoms with E-state index in [1.165, 1.54) is 31.3 Å². The van der Waals surface area contributed by atoms with E-state index >= 15 is 0 Å². The van der Waals surface area contributed by atoms with Gasteiger partial charge < -0.3 is 15.3 Å². The van der Waals surface area contributed by atoms with Gasteiger partial charge in [0, 0.05) is 5.41 Å². The molecule has 3 N–H and O–H groups in total. The van der Waals surface area contributed by atoms with Crippen LogP contribution in [0.25, 0.3) is 0 Å². The van der Waals surface area contributed by atoms with Crippen LogP contribution in [0, 0.1) is 45.8 Å². The standard InChI is InChI=1S/C33H54O3/c1-8-16-33(36,17-9-2)18-10-11-22(3)23-12-13-24-29-25(14-19-31(23,24)6)32(7)20-15-28(35)30(4,5)27(32)21-26(29)34/h8-9,21-26,28-29,34-36H,1-2,10-20H2,3-7H3/t22-,23-,24?,25?,26?,28+,29?,31-,32-/m1/s1. The van der Waals surface area contributed by atoms with Gasteiger partial charge in [0.15, 0.2) is 0 Å². The summed E-state index contributed by atoms with van der Waals surface area (Å²) in [6.45, 7) is 19.5. The fourth-order valence-electron chi connectivity index (χ4n) is 10.1. The van der Waals surface area contributed by atoms with Crippen molar-refractivity contribution in [3.63, 3.8) is 0 Å². The predicted molar refractivity (Wildman–Crippen MR) is 149 cm³/mol. The van der Waals surface area contributed by atoms with Crippen LogP contribution in [0.2, 0.25) is 0 Å². The van der Waals surface area contributed by atoms with Gasteiger partial charge in [0.1, 0.15) is 0 Å². The minimum Gasteiger partial charge on any atom is -0.392 e. The molecule has 4 aliphatic rings. The second kappa shape index (κ2) is 10.0. The zero-order chi connectivity index (χ0) is 26.5. The van der Waals surface area contributed by atoms with Crippen molar-refractivity contribution in [2.45, 2.75) is 123 Å². The first-order valence-electron chi connectivity index (χ1n) is 14.9. The van der Waals surface area contributed by atoms with Gasteiger partial charge in [-0.1, -0.05) is 71.3 Å². The largest absolute Gasteiger partial charge is 0.392 e. The zero-order valence-electron chi connectivity index (χ0n) is 23.8. The summed E-state index contributed by atoms with van der Waals surface area (Å²) in [5, 5.41) is 33.4. The molecule has 0 amide bonds. The first kappa shape index (κ1) is 28.1. The van der Waals surface area contributed by atoms with Gasteiger partial charge in [0.25, 0.3) is 0 Å². The molecule has 204 valence electrons. The normalized spacial score (nSPS) is 42.5. The quantitative estimate of drug-likeness (QED) is 0.294. The Morgan fingerprint density at radius 3 is 2.31 bits per heavy atom. The molecule has 9 atom stereocenters. The lowest BCUT2D eigenvalue weighted by atomic mass is 9.43. The lowest BCUT2D eigenvalue weighted by Gasteiger charge is -2.62. The molecule has 4 rings (SSSR count). The van der Waals surface area contributed by atoms with Crippen molar-refractivity contribution in [3.8, 4) is 0 Å². The maximum atomic E-state index is 11.6. The highest BCUT2D eigenvalue weighted by Gasteiger charge is 2.63. The van der Waals surface area contributed by atoms with Crippen molar-refractivity contribution in [1.29, 1.82) is 0 Å². The Kier molecular flexibility index (Phi) is 7.82. The fraction of sp³-hybridized carbons (Fsp3) is 0.818. The Morgan fingerprint density at radius 1 is 1.00 bits per heavy atom. The number of rotatable bonds is 9. The van der Waals surface area contributed by atoms with Crippen LogP contribution in [0.5, 0.6) is 0 Å². The van der Waals surface area contributed by atoms with Gasteiger partial charge in [-0.15, -0.1) is 13.2 Å². The number of hydrogen-bond donors (Lipinski definition) is 3. The van der Waals surface area contributed by atoms with E-state index in [1.54, 1.807) is 0 Å². The molecule has 0 heterocycles. The van der Waals surface area contributed by atoms with E-state index in [-0.39, 0.29) is 22.3 Å². The van der Waals surface area contributed by atoms with E-state index in [0.29, 0.717) is 42.4 Å². The van der Waals surface area contributed by atoms with Gasteiger partial charge in [0.05, 0.1) is 17.8 Å². The molecule has 0 radical (unpaired) electrons. The highest BCUT2D eigenvalue weighted by Crippen LogP contribution is 2.69. The lowest BCUT2D eigenvalue weighted by Crippen LogP contribution is -2.58. The Labute approximate surface area is 221 Å². The molecule has 0 bridgehead atoms. The summed E-state index contributed by atoms with van der Waals surface area (Å²) in [6.07, 6.45) is 16.2. The van der Waals surface area contributed by atoms with Crippen LogP contribution in [0.3, 0.4) is 0 Å². The van der Waals surface area contributed by atoms with Gasteiger partial charge in [-0.25, -0.2) is 0 Å². The van der Waals surface area contributed by atoms with E-state index in [0.717, 1.165) is 32.1 Å². The van der Waals surface area contributed by atoms with E-state index in [1.807, 2.05) is 12.2 Å². The second-order valence-corrected chi connectivity index (χ2v) is 14.4. The van der Waals surface area contributed by atoms with E-state index < -0.39 is 11.7 Å². The number of aliphatic hydroxyl groups excluding tert-OH is 2. The zero-order valence-corrected chi connectivity index (χ0v) is 23.8. The maximum absolute atomic E-state index is 11.6.